The standard InChI is InChI=1S/C12H13Cl2N3O/c1-17-3-2-16-11(17)7-18-12-8(6-15)4-9(13)5-10(12)14/h2-5H,6-7,15H2,1H3. The van der Waals surface area contributed by atoms with Crippen LogP contribution in [0.1, 0.15) is 11.4 Å². The van der Waals surface area contributed by atoms with E-state index in [4.69, 9.17) is 33.7 Å². The zero-order valence-electron chi connectivity index (χ0n) is 9.86. The highest BCUT2D eigenvalue weighted by molar-refractivity contribution is 6.35. The van der Waals surface area contributed by atoms with E-state index in [1.807, 2.05) is 17.8 Å². The average Bonchev–Trinajstić information content (AvgIpc) is 2.73. The molecule has 0 aliphatic rings. The van der Waals surface area contributed by atoms with Gasteiger partial charge in [-0.05, 0) is 12.1 Å². The predicted octanol–water partition coefficient (Wildman–Crippen LogP) is 2.76. The van der Waals surface area contributed by atoms with E-state index in [1.54, 1.807) is 18.3 Å². The van der Waals surface area contributed by atoms with E-state index in [9.17, 15) is 0 Å². The highest BCUT2D eigenvalue weighted by atomic mass is 35.5. The van der Waals surface area contributed by atoms with Crippen molar-refractivity contribution in [3.8, 4) is 5.75 Å². The maximum atomic E-state index is 6.10. The molecular formula is C12H13Cl2N3O. The number of aromatic nitrogens is 2. The van der Waals surface area contributed by atoms with Crippen molar-refractivity contribution in [3.05, 3.63) is 46.0 Å². The van der Waals surface area contributed by atoms with Crippen LogP contribution < -0.4 is 10.5 Å². The van der Waals surface area contributed by atoms with E-state index in [-0.39, 0.29) is 0 Å². The molecule has 0 amide bonds. The summed E-state index contributed by atoms with van der Waals surface area (Å²) in [7, 11) is 1.90. The van der Waals surface area contributed by atoms with E-state index in [0.29, 0.717) is 28.9 Å². The molecule has 18 heavy (non-hydrogen) atoms. The lowest BCUT2D eigenvalue weighted by atomic mass is 10.2. The van der Waals surface area contributed by atoms with Crippen molar-refractivity contribution in [1.29, 1.82) is 0 Å². The molecule has 2 rings (SSSR count). The summed E-state index contributed by atoms with van der Waals surface area (Å²) < 4.78 is 7.57. The first-order chi connectivity index (χ1) is 8.61. The van der Waals surface area contributed by atoms with Crippen molar-refractivity contribution in [3.63, 3.8) is 0 Å². The Balaban J connectivity index is 2.21. The Bertz CT molecular complexity index is 554. The van der Waals surface area contributed by atoms with Gasteiger partial charge in [-0.15, -0.1) is 0 Å². The summed E-state index contributed by atoms with van der Waals surface area (Å²) in [5.41, 5.74) is 6.43. The number of benzene rings is 1. The monoisotopic (exact) mass is 285 g/mol. The van der Waals surface area contributed by atoms with Gasteiger partial charge in [0, 0.05) is 36.6 Å². The van der Waals surface area contributed by atoms with E-state index < -0.39 is 0 Å². The first kappa shape index (κ1) is 13.2. The lowest BCUT2D eigenvalue weighted by Crippen LogP contribution is -2.06. The van der Waals surface area contributed by atoms with Crippen LogP contribution in [0.2, 0.25) is 10.0 Å². The van der Waals surface area contributed by atoms with E-state index in [2.05, 4.69) is 4.98 Å². The first-order valence-electron chi connectivity index (χ1n) is 5.38. The highest BCUT2D eigenvalue weighted by Crippen LogP contribution is 2.32. The molecule has 0 atom stereocenters. The maximum Gasteiger partial charge on any atom is 0.146 e. The van der Waals surface area contributed by atoms with Crippen molar-refractivity contribution in [2.24, 2.45) is 12.8 Å². The molecular weight excluding hydrogens is 273 g/mol. The third-order valence-electron chi connectivity index (χ3n) is 2.57. The minimum absolute atomic E-state index is 0.316. The van der Waals surface area contributed by atoms with E-state index in [1.165, 1.54) is 0 Å². The summed E-state index contributed by atoms with van der Waals surface area (Å²) in [6.45, 7) is 0.647. The van der Waals surface area contributed by atoms with Crippen molar-refractivity contribution in [2.75, 3.05) is 0 Å². The number of nitrogens with zero attached hydrogens (tertiary/aromatic N) is 2. The molecule has 0 radical (unpaired) electrons. The molecule has 2 N–H and O–H groups in total. The summed E-state index contributed by atoms with van der Waals surface area (Å²) in [6, 6.07) is 3.39. The topological polar surface area (TPSA) is 53.1 Å². The Morgan fingerprint density at radius 2 is 2.17 bits per heavy atom. The van der Waals surface area contributed by atoms with Crippen LogP contribution in [0.4, 0.5) is 0 Å². The van der Waals surface area contributed by atoms with Crippen LogP contribution in [-0.2, 0) is 20.2 Å². The number of rotatable bonds is 4. The maximum absolute atomic E-state index is 6.10. The van der Waals surface area contributed by atoms with Crippen LogP contribution in [0.15, 0.2) is 24.5 Å². The lowest BCUT2D eigenvalue weighted by Gasteiger charge is -2.12. The van der Waals surface area contributed by atoms with Gasteiger partial charge in [0.05, 0.1) is 5.02 Å². The number of hydrogen-bond acceptors (Lipinski definition) is 3. The quantitative estimate of drug-likeness (QED) is 0.940. The number of imidazole rings is 1. The van der Waals surface area contributed by atoms with Gasteiger partial charge in [-0.3, -0.25) is 0 Å². The molecule has 0 aliphatic carbocycles. The molecule has 0 saturated carbocycles. The molecule has 0 bridgehead atoms. The Morgan fingerprint density at radius 3 is 2.78 bits per heavy atom. The SMILES string of the molecule is Cn1ccnc1COc1c(Cl)cc(Cl)cc1CN. The predicted molar refractivity (Wildman–Crippen MR) is 71.9 cm³/mol. The van der Waals surface area contributed by atoms with Crippen molar-refractivity contribution < 1.29 is 4.74 Å². The Hall–Kier alpha value is -1.23. The van der Waals surface area contributed by atoms with Crippen molar-refractivity contribution >= 4 is 23.2 Å². The lowest BCUT2D eigenvalue weighted by molar-refractivity contribution is 0.289. The van der Waals surface area contributed by atoms with Gasteiger partial charge in [-0.2, -0.15) is 0 Å². The summed E-state index contributed by atoms with van der Waals surface area (Å²) in [5, 5.41) is 1.00. The molecule has 96 valence electrons. The normalized spacial score (nSPS) is 10.7. The van der Waals surface area contributed by atoms with Crippen molar-refractivity contribution in [1.82, 2.24) is 9.55 Å². The van der Waals surface area contributed by atoms with Gasteiger partial charge in [0.2, 0.25) is 0 Å². The Morgan fingerprint density at radius 1 is 1.39 bits per heavy atom. The summed E-state index contributed by atoms with van der Waals surface area (Å²) >= 11 is 12.0. The van der Waals surface area contributed by atoms with E-state index in [0.717, 1.165) is 11.4 Å². The molecule has 1 aromatic heterocycles. The molecule has 0 aliphatic heterocycles. The summed E-state index contributed by atoms with van der Waals surface area (Å²) in [6.07, 6.45) is 3.57. The number of aryl methyl sites for hydroxylation is 1. The Labute approximate surface area is 115 Å². The Kier molecular flexibility index (Phi) is 4.11. The fourth-order valence-electron chi connectivity index (χ4n) is 1.60. The number of halogens is 2. The van der Waals surface area contributed by atoms with Gasteiger partial charge < -0.3 is 15.0 Å². The molecule has 4 nitrogen and oxygen atoms in total. The smallest absolute Gasteiger partial charge is 0.146 e. The summed E-state index contributed by atoms with van der Waals surface area (Å²) in [5.74, 6) is 1.37. The molecule has 0 saturated heterocycles. The van der Waals surface area contributed by atoms with Crippen molar-refractivity contribution in [2.45, 2.75) is 13.2 Å². The number of nitrogens with two attached hydrogens (primary N) is 1. The molecule has 1 heterocycles. The molecule has 2 aromatic rings. The van der Waals surface area contributed by atoms with Crippen LogP contribution in [0.5, 0.6) is 5.75 Å². The second-order valence-electron chi connectivity index (χ2n) is 3.82. The second kappa shape index (κ2) is 5.61. The van der Waals surface area contributed by atoms with Gasteiger partial charge in [-0.1, -0.05) is 23.2 Å². The molecule has 0 unspecified atom stereocenters. The molecule has 1 aromatic carbocycles. The largest absolute Gasteiger partial charge is 0.484 e. The fraction of sp³-hybridized carbons (Fsp3) is 0.250. The molecule has 0 fully saturated rings. The fourth-order valence-corrected chi connectivity index (χ4v) is 2.19. The zero-order chi connectivity index (χ0) is 13.1. The highest BCUT2D eigenvalue weighted by Gasteiger charge is 2.11. The van der Waals surface area contributed by atoms with Gasteiger partial charge >= 0.3 is 0 Å². The van der Waals surface area contributed by atoms with Crippen LogP contribution >= 0.6 is 23.2 Å². The van der Waals surface area contributed by atoms with Gasteiger partial charge in [-0.25, -0.2) is 4.98 Å². The number of hydrogen-bond donors (Lipinski definition) is 1. The van der Waals surface area contributed by atoms with E-state index >= 15 is 0 Å². The second-order valence-corrected chi connectivity index (χ2v) is 4.67. The van der Waals surface area contributed by atoms with Crippen LogP contribution in [0.25, 0.3) is 0 Å². The number of ether oxygens (including phenoxy) is 1. The molecule has 6 heteroatoms. The van der Waals surface area contributed by atoms with Crippen LogP contribution in [-0.4, -0.2) is 9.55 Å². The minimum Gasteiger partial charge on any atom is -0.484 e. The van der Waals surface area contributed by atoms with Gasteiger partial charge in [0.1, 0.15) is 18.2 Å². The van der Waals surface area contributed by atoms with Gasteiger partial charge in [0.25, 0.3) is 0 Å². The summed E-state index contributed by atoms with van der Waals surface area (Å²) in [4.78, 5) is 4.17. The zero-order valence-corrected chi connectivity index (χ0v) is 11.4. The van der Waals surface area contributed by atoms with Crippen LogP contribution in [0.3, 0.4) is 0 Å². The average molecular weight is 286 g/mol. The minimum atomic E-state index is 0.316. The third kappa shape index (κ3) is 2.77. The third-order valence-corrected chi connectivity index (χ3v) is 3.07. The van der Waals surface area contributed by atoms with Gasteiger partial charge in [0.15, 0.2) is 0 Å². The first-order valence-corrected chi connectivity index (χ1v) is 6.14. The molecule has 0 spiro atoms. The van der Waals surface area contributed by atoms with Crippen LogP contribution in [0, 0.1) is 0 Å².